The van der Waals surface area contributed by atoms with Crippen LogP contribution in [0.1, 0.15) is 79.1 Å². The zero-order valence-corrected chi connectivity index (χ0v) is 19.4. The maximum absolute atomic E-state index is 13.0. The van der Waals surface area contributed by atoms with Crippen molar-refractivity contribution in [3.05, 3.63) is 23.8 Å². The fourth-order valence-electron chi connectivity index (χ4n) is 4.87. The van der Waals surface area contributed by atoms with E-state index in [-0.39, 0.29) is 42.7 Å². The summed E-state index contributed by atoms with van der Waals surface area (Å²) in [5.74, 6) is -0.594. The molecule has 6 heteroatoms. The third-order valence-electron chi connectivity index (χ3n) is 7.45. The Bertz CT molecular complexity index is 677. The van der Waals surface area contributed by atoms with Crippen molar-refractivity contribution in [2.24, 2.45) is 23.2 Å². The van der Waals surface area contributed by atoms with Gasteiger partial charge in [0, 0.05) is 5.92 Å². The average Bonchev–Trinajstić information content (AvgIpc) is 2.71. The number of carbonyl (C=O) groups excluding carboxylic acids is 1. The average molecular weight is 437 g/mol. The van der Waals surface area contributed by atoms with Gasteiger partial charge in [-0.3, -0.25) is 9.59 Å². The van der Waals surface area contributed by atoms with Crippen LogP contribution in [0.3, 0.4) is 0 Å². The van der Waals surface area contributed by atoms with Gasteiger partial charge in [-0.2, -0.15) is 0 Å². The molecule has 0 amide bonds. The van der Waals surface area contributed by atoms with Crippen LogP contribution in [0.2, 0.25) is 0 Å². The number of hydrogen-bond donors (Lipinski definition) is 3. The Balaban J connectivity index is 2.08. The standard InChI is InChI=1S/C25H40O6/c1-5-25(4,6-2)24(30)31-21-9-7-8-17-11-10-16(3)20(23(17)21)13-12-18(26)14-19(27)15-22(28)29/h8,10-11,16,18-21,23,26-27H,5-7,9,12-15H2,1-4H3,(H,28,29)/t16-,18+,19+,20-,21-,23-/m0/s1. The van der Waals surface area contributed by atoms with Crippen molar-refractivity contribution in [2.75, 3.05) is 0 Å². The van der Waals surface area contributed by atoms with Crippen molar-refractivity contribution in [2.45, 2.75) is 97.4 Å². The Kier molecular flexibility index (Phi) is 9.31. The summed E-state index contributed by atoms with van der Waals surface area (Å²) in [5, 5.41) is 29.0. The van der Waals surface area contributed by atoms with Gasteiger partial charge in [0.25, 0.3) is 0 Å². The lowest BCUT2D eigenvalue weighted by Crippen LogP contribution is -2.42. The van der Waals surface area contributed by atoms with Crippen molar-refractivity contribution in [1.29, 1.82) is 0 Å². The number of ether oxygens (including phenoxy) is 1. The normalized spacial score (nSPS) is 27.7. The lowest BCUT2D eigenvalue weighted by molar-refractivity contribution is -0.165. The van der Waals surface area contributed by atoms with E-state index in [1.54, 1.807) is 0 Å². The highest BCUT2D eigenvalue weighted by atomic mass is 16.5. The van der Waals surface area contributed by atoms with Crippen molar-refractivity contribution < 1.29 is 29.6 Å². The van der Waals surface area contributed by atoms with E-state index in [9.17, 15) is 19.8 Å². The Labute approximate surface area is 186 Å². The molecule has 2 aliphatic rings. The van der Waals surface area contributed by atoms with E-state index < -0.39 is 23.6 Å². The molecule has 176 valence electrons. The first-order chi connectivity index (χ1) is 14.6. The number of hydrogen-bond acceptors (Lipinski definition) is 5. The van der Waals surface area contributed by atoms with E-state index in [2.05, 4.69) is 25.2 Å². The maximum Gasteiger partial charge on any atom is 0.312 e. The van der Waals surface area contributed by atoms with Crippen LogP contribution in [-0.4, -0.2) is 45.6 Å². The third-order valence-corrected chi connectivity index (χ3v) is 7.45. The quantitative estimate of drug-likeness (QED) is 0.418. The summed E-state index contributed by atoms with van der Waals surface area (Å²) in [6.45, 7) is 8.16. The second kappa shape index (κ2) is 11.3. The molecule has 6 atom stereocenters. The van der Waals surface area contributed by atoms with E-state index in [4.69, 9.17) is 9.84 Å². The summed E-state index contributed by atoms with van der Waals surface area (Å²) < 4.78 is 6.12. The van der Waals surface area contributed by atoms with Crippen LogP contribution < -0.4 is 0 Å². The van der Waals surface area contributed by atoms with Crippen LogP contribution in [0.5, 0.6) is 0 Å². The molecule has 0 bridgehead atoms. The maximum atomic E-state index is 13.0. The zero-order valence-electron chi connectivity index (χ0n) is 19.4. The van der Waals surface area contributed by atoms with Gasteiger partial charge in [0.1, 0.15) is 6.10 Å². The van der Waals surface area contributed by atoms with Gasteiger partial charge in [0.15, 0.2) is 0 Å². The highest BCUT2D eigenvalue weighted by Gasteiger charge is 2.42. The first kappa shape index (κ1) is 25.6. The van der Waals surface area contributed by atoms with Gasteiger partial charge in [-0.1, -0.05) is 39.0 Å². The molecule has 6 nitrogen and oxygen atoms in total. The molecular weight excluding hydrogens is 396 g/mol. The van der Waals surface area contributed by atoms with Crippen molar-refractivity contribution in [1.82, 2.24) is 0 Å². The Morgan fingerprint density at radius 1 is 1.23 bits per heavy atom. The second-order valence-electron chi connectivity index (χ2n) is 9.62. The summed E-state index contributed by atoms with van der Waals surface area (Å²) in [7, 11) is 0. The molecule has 0 unspecified atom stereocenters. The fraction of sp³-hybridized carbons (Fsp3) is 0.760. The molecular formula is C25H40O6. The van der Waals surface area contributed by atoms with Crippen LogP contribution in [0.25, 0.3) is 0 Å². The lowest BCUT2D eigenvalue weighted by Gasteiger charge is -2.42. The molecule has 0 aromatic carbocycles. The number of carbonyl (C=O) groups is 2. The minimum atomic E-state index is -1.07. The van der Waals surface area contributed by atoms with Gasteiger partial charge in [0.2, 0.25) is 0 Å². The smallest absolute Gasteiger partial charge is 0.312 e. The first-order valence-corrected chi connectivity index (χ1v) is 11.8. The van der Waals surface area contributed by atoms with Crippen LogP contribution >= 0.6 is 0 Å². The molecule has 0 aliphatic heterocycles. The predicted octanol–water partition coefficient (Wildman–Crippen LogP) is 4.25. The van der Waals surface area contributed by atoms with Crippen molar-refractivity contribution >= 4 is 11.9 Å². The Morgan fingerprint density at radius 3 is 2.52 bits per heavy atom. The van der Waals surface area contributed by atoms with E-state index >= 15 is 0 Å². The van der Waals surface area contributed by atoms with Gasteiger partial charge >= 0.3 is 11.9 Å². The number of aliphatic hydroxyl groups is 2. The second-order valence-corrected chi connectivity index (χ2v) is 9.62. The van der Waals surface area contributed by atoms with Crippen molar-refractivity contribution in [3.8, 4) is 0 Å². The van der Waals surface area contributed by atoms with E-state index in [1.165, 1.54) is 5.57 Å². The molecule has 2 rings (SSSR count). The number of allylic oxidation sites excluding steroid dienone is 3. The summed E-state index contributed by atoms with van der Waals surface area (Å²) in [4.78, 5) is 23.7. The minimum Gasteiger partial charge on any atom is -0.481 e. The zero-order chi connectivity index (χ0) is 23.2. The molecule has 0 aromatic rings. The number of rotatable bonds is 11. The summed E-state index contributed by atoms with van der Waals surface area (Å²) in [6.07, 6.45) is 8.67. The number of aliphatic hydroxyl groups excluding tert-OH is 2. The number of aliphatic carboxylic acids is 1. The molecule has 0 saturated heterocycles. The minimum absolute atomic E-state index is 0.0559. The van der Waals surface area contributed by atoms with E-state index in [0.29, 0.717) is 6.42 Å². The van der Waals surface area contributed by atoms with Gasteiger partial charge in [-0.05, 0) is 69.3 Å². The van der Waals surface area contributed by atoms with Crippen LogP contribution in [0.15, 0.2) is 23.8 Å². The summed E-state index contributed by atoms with van der Waals surface area (Å²) in [5.41, 5.74) is 0.742. The lowest BCUT2D eigenvalue weighted by atomic mass is 9.66. The molecule has 0 saturated carbocycles. The van der Waals surface area contributed by atoms with Gasteiger partial charge < -0.3 is 20.1 Å². The highest BCUT2D eigenvalue weighted by molar-refractivity contribution is 5.76. The molecule has 0 fully saturated rings. The first-order valence-electron chi connectivity index (χ1n) is 11.8. The molecule has 0 radical (unpaired) electrons. The SMILES string of the molecule is CCC(C)(CC)C(=O)O[C@H]1CCC=C2C=C[C@H](C)[C@H](CC[C@@H](O)C[C@@H](O)CC(=O)O)[C@H]21. The van der Waals surface area contributed by atoms with Crippen LogP contribution in [0.4, 0.5) is 0 Å². The largest absolute Gasteiger partial charge is 0.481 e. The number of carboxylic acid groups (broad SMARTS) is 1. The molecule has 31 heavy (non-hydrogen) atoms. The van der Waals surface area contributed by atoms with Crippen LogP contribution in [-0.2, 0) is 14.3 Å². The number of carboxylic acids is 1. The Hall–Kier alpha value is -1.66. The summed E-state index contributed by atoms with van der Waals surface area (Å²) in [6, 6.07) is 0. The van der Waals surface area contributed by atoms with E-state index in [1.807, 2.05) is 20.8 Å². The molecule has 0 spiro atoms. The molecule has 0 aromatic heterocycles. The van der Waals surface area contributed by atoms with Gasteiger partial charge in [0.05, 0.1) is 24.0 Å². The molecule has 3 N–H and O–H groups in total. The number of esters is 1. The fourth-order valence-corrected chi connectivity index (χ4v) is 4.87. The topological polar surface area (TPSA) is 104 Å². The van der Waals surface area contributed by atoms with Gasteiger partial charge in [-0.25, -0.2) is 0 Å². The molecule has 0 heterocycles. The van der Waals surface area contributed by atoms with E-state index in [0.717, 1.165) is 32.1 Å². The summed E-state index contributed by atoms with van der Waals surface area (Å²) >= 11 is 0. The van der Waals surface area contributed by atoms with Gasteiger partial charge in [-0.15, -0.1) is 0 Å². The monoisotopic (exact) mass is 436 g/mol. The third kappa shape index (κ3) is 6.66. The highest BCUT2D eigenvalue weighted by Crippen LogP contribution is 2.44. The molecule has 2 aliphatic carbocycles. The number of fused-ring (bicyclic) bond motifs is 1. The van der Waals surface area contributed by atoms with Crippen LogP contribution in [0, 0.1) is 23.2 Å². The van der Waals surface area contributed by atoms with Crippen molar-refractivity contribution in [3.63, 3.8) is 0 Å². The predicted molar refractivity (Wildman–Crippen MR) is 119 cm³/mol. The Morgan fingerprint density at radius 2 is 1.90 bits per heavy atom.